The van der Waals surface area contributed by atoms with Crippen LogP contribution in [0.5, 0.6) is 0 Å². The summed E-state index contributed by atoms with van der Waals surface area (Å²) in [6.07, 6.45) is 3.57. The van der Waals surface area contributed by atoms with Crippen LogP contribution in [0.4, 0.5) is 0 Å². The minimum Gasteiger partial charge on any atom is -0.379 e. The number of amides is 2. The van der Waals surface area contributed by atoms with Crippen LogP contribution in [0, 0.1) is 5.92 Å². The zero-order valence-electron chi connectivity index (χ0n) is 14.1. The molecular formula is C16H28N2O5. The summed E-state index contributed by atoms with van der Waals surface area (Å²) >= 11 is 0. The first-order valence-electron chi connectivity index (χ1n) is 8.16. The van der Waals surface area contributed by atoms with Gasteiger partial charge in [0.15, 0.2) is 0 Å². The summed E-state index contributed by atoms with van der Waals surface area (Å²) in [6.45, 7) is 2.88. The minimum absolute atomic E-state index is 0.00259. The standard InChI is InChI=1S/C16H28N2O5/c1-12(19)7-9-23-10-8-17-16(21)13-3-5-14(6-4-13)18-15(20)11-22-2/h13-14H,3-11H2,1-2H3,(H,17,21)(H,18,20). The Labute approximate surface area is 137 Å². The van der Waals surface area contributed by atoms with E-state index >= 15 is 0 Å². The predicted octanol–water partition coefficient (Wildman–Crippen LogP) is 0.420. The summed E-state index contributed by atoms with van der Waals surface area (Å²) in [7, 11) is 1.49. The molecule has 1 aliphatic carbocycles. The predicted molar refractivity (Wildman–Crippen MR) is 84.9 cm³/mol. The van der Waals surface area contributed by atoms with Crippen LogP contribution in [-0.4, -0.2) is 57.1 Å². The Morgan fingerprint density at radius 2 is 1.78 bits per heavy atom. The Kier molecular flexibility index (Phi) is 9.47. The molecule has 132 valence electrons. The molecule has 0 atom stereocenters. The molecular weight excluding hydrogens is 300 g/mol. The van der Waals surface area contributed by atoms with Crippen LogP contribution in [0.3, 0.4) is 0 Å². The summed E-state index contributed by atoms with van der Waals surface area (Å²) in [4.78, 5) is 34.2. The fraction of sp³-hybridized carbons (Fsp3) is 0.812. The molecule has 1 aliphatic rings. The van der Waals surface area contributed by atoms with E-state index in [9.17, 15) is 14.4 Å². The van der Waals surface area contributed by atoms with Crippen LogP contribution in [0.1, 0.15) is 39.0 Å². The second-order valence-corrected chi connectivity index (χ2v) is 5.90. The van der Waals surface area contributed by atoms with Gasteiger partial charge in [0.1, 0.15) is 12.4 Å². The first kappa shape index (κ1) is 19.6. The van der Waals surface area contributed by atoms with Crippen molar-refractivity contribution in [2.24, 2.45) is 5.92 Å². The van der Waals surface area contributed by atoms with E-state index in [1.54, 1.807) is 0 Å². The van der Waals surface area contributed by atoms with Gasteiger partial charge in [-0.2, -0.15) is 0 Å². The summed E-state index contributed by atoms with van der Waals surface area (Å²) in [6, 6.07) is 0.136. The zero-order valence-corrected chi connectivity index (χ0v) is 14.1. The van der Waals surface area contributed by atoms with E-state index in [1.165, 1.54) is 14.0 Å². The first-order valence-corrected chi connectivity index (χ1v) is 8.16. The number of ether oxygens (including phenoxy) is 2. The normalized spacial score (nSPS) is 20.8. The second-order valence-electron chi connectivity index (χ2n) is 5.90. The third-order valence-corrected chi connectivity index (χ3v) is 3.88. The summed E-state index contributed by atoms with van der Waals surface area (Å²) < 4.78 is 10.1. The van der Waals surface area contributed by atoms with Gasteiger partial charge < -0.3 is 20.1 Å². The van der Waals surface area contributed by atoms with Crippen LogP contribution >= 0.6 is 0 Å². The molecule has 7 nitrogen and oxygen atoms in total. The molecule has 23 heavy (non-hydrogen) atoms. The van der Waals surface area contributed by atoms with Gasteiger partial charge in [-0.3, -0.25) is 14.4 Å². The number of rotatable bonds is 10. The number of hydrogen-bond donors (Lipinski definition) is 2. The molecule has 1 rings (SSSR count). The SMILES string of the molecule is COCC(=O)NC1CCC(C(=O)NCCOCCC(C)=O)CC1. The van der Waals surface area contributed by atoms with Gasteiger partial charge in [-0.05, 0) is 32.6 Å². The number of nitrogens with one attached hydrogen (secondary N) is 2. The highest BCUT2D eigenvalue weighted by molar-refractivity contribution is 5.79. The fourth-order valence-corrected chi connectivity index (χ4v) is 2.61. The Bertz CT molecular complexity index is 392. The van der Waals surface area contributed by atoms with E-state index in [-0.39, 0.29) is 36.2 Å². The first-order chi connectivity index (χ1) is 11.0. The summed E-state index contributed by atoms with van der Waals surface area (Å²) in [5.41, 5.74) is 0. The van der Waals surface area contributed by atoms with Gasteiger partial charge in [-0.25, -0.2) is 0 Å². The van der Waals surface area contributed by atoms with Gasteiger partial charge in [0.05, 0.1) is 13.2 Å². The maximum absolute atomic E-state index is 12.0. The lowest BCUT2D eigenvalue weighted by atomic mass is 9.85. The topological polar surface area (TPSA) is 93.7 Å². The molecule has 0 radical (unpaired) electrons. The average Bonchev–Trinajstić information content (AvgIpc) is 2.51. The van der Waals surface area contributed by atoms with Crippen LogP contribution in [0.25, 0.3) is 0 Å². The lowest BCUT2D eigenvalue weighted by Gasteiger charge is -2.28. The van der Waals surface area contributed by atoms with E-state index in [4.69, 9.17) is 9.47 Å². The van der Waals surface area contributed by atoms with Crippen LogP contribution in [0.2, 0.25) is 0 Å². The van der Waals surface area contributed by atoms with E-state index in [2.05, 4.69) is 10.6 Å². The van der Waals surface area contributed by atoms with Crippen molar-refractivity contribution >= 4 is 17.6 Å². The molecule has 0 saturated heterocycles. The molecule has 0 aliphatic heterocycles. The van der Waals surface area contributed by atoms with E-state index < -0.39 is 0 Å². The van der Waals surface area contributed by atoms with Crippen molar-refractivity contribution in [1.82, 2.24) is 10.6 Å². The Morgan fingerprint density at radius 1 is 1.09 bits per heavy atom. The average molecular weight is 328 g/mol. The van der Waals surface area contributed by atoms with Gasteiger partial charge in [-0.15, -0.1) is 0 Å². The second kappa shape index (κ2) is 11.1. The number of carbonyl (C=O) groups is 3. The molecule has 2 N–H and O–H groups in total. The molecule has 0 bridgehead atoms. The minimum atomic E-state index is -0.108. The summed E-state index contributed by atoms with van der Waals surface area (Å²) in [5, 5.41) is 5.77. The smallest absolute Gasteiger partial charge is 0.246 e. The lowest BCUT2D eigenvalue weighted by molar-refractivity contribution is -0.127. The van der Waals surface area contributed by atoms with Crippen molar-refractivity contribution < 1.29 is 23.9 Å². The van der Waals surface area contributed by atoms with Crippen molar-refractivity contribution in [2.75, 3.05) is 33.5 Å². The quantitative estimate of drug-likeness (QED) is 0.567. The lowest BCUT2D eigenvalue weighted by Crippen LogP contribution is -2.42. The van der Waals surface area contributed by atoms with Crippen molar-refractivity contribution in [1.29, 1.82) is 0 Å². The van der Waals surface area contributed by atoms with Crippen LogP contribution < -0.4 is 10.6 Å². The molecule has 1 fully saturated rings. The molecule has 0 unspecified atom stereocenters. The van der Waals surface area contributed by atoms with Crippen molar-refractivity contribution in [3.63, 3.8) is 0 Å². The zero-order chi connectivity index (χ0) is 17.1. The number of Topliss-reactive ketones (excluding diaryl/α,β-unsaturated/α-hetero) is 1. The maximum atomic E-state index is 12.0. The Balaban J connectivity index is 2.10. The van der Waals surface area contributed by atoms with Gasteiger partial charge in [0, 0.05) is 32.0 Å². The molecule has 1 saturated carbocycles. The van der Waals surface area contributed by atoms with Crippen molar-refractivity contribution in [3.8, 4) is 0 Å². The molecule has 0 spiro atoms. The van der Waals surface area contributed by atoms with Gasteiger partial charge >= 0.3 is 0 Å². The van der Waals surface area contributed by atoms with Crippen LogP contribution in [-0.2, 0) is 23.9 Å². The third-order valence-electron chi connectivity index (χ3n) is 3.88. The summed E-state index contributed by atoms with van der Waals surface area (Å²) in [5.74, 6) is 0.0381. The van der Waals surface area contributed by atoms with E-state index in [1.807, 2.05) is 0 Å². The third kappa shape index (κ3) is 8.66. The Hall–Kier alpha value is -1.47. The van der Waals surface area contributed by atoms with E-state index in [0.717, 1.165) is 25.7 Å². The Morgan fingerprint density at radius 3 is 2.39 bits per heavy atom. The highest BCUT2D eigenvalue weighted by Crippen LogP contribution is 2.24. The fourth-order valence-electron chi connectivity index (χ4n) is 2.61. The van der Waals surface area contributed by atoms with Crippen molar-refractivity contribution in [3.05, 3.63) is 0 Å². The van der Waals surface area contributed by atoms with Gasteiger partial charge in [-0.1, -0.05) is 0 Å². The van der Waals surface area contributed by atoms with Gasteiger partial charge in [0.2, 0.25) is 11.8 Å². The van der Waals surface area contributed by atoms with Crippen molar-refractivity contribution in [2.45, 2.75) is 45.1 Å². The molecule has 0 aromatic heterocycles. The monoisotopic (exact) mass is 328 g/mol. The molecule has 0 aromatic carbocycles. The van der Waals surface area contributed by atoms with Crippen LogP contribution in [0.15, 0.2) is 0 Å². The molecule has 0 heterocycles. The van der Waals surface area contributed by atoms with Gasteiger partial charge in [0.25, 0.3) is 0 Å². The highest BCUT2D eigenvalue weighted by Gasteiger charge is 2.26. The molecule has 0 aromatic rings. The largest absolute Gasteiger partial charge is 0.379 e. The van der Waals surface area contributed by atoms with E-state index in [0.29, 0.717) is 26.2 Å². The number of carbonyl (C=O) groups excluding carboxylic acids is 3. The maximum Gasteiger partial charge on any atom is 0.246 e. The molecule has 2 amide bonds. The molecule has 7 heteroatoms. The number of hydrogen-bond acceptors (Lipinski definition) is 5. The number of methoxy groups -OCH3 is 1. The highest BCUT2D eigenvalue weighted by atomic mass is 16.5. The number of ketones is 1.